The molecular formula is C15H25NO. The van der Waals surface area contributed by atoms with Crippen LogP contribution in [-0.2, 0) is 6.42 Å². The van der Waals surface area contributed by atoms with Crippen LogP contribution in [0.3, 0.4) is 0 Å². The molecule has 1 aromatic rings. The van der Waals surface area contributed by atoms with Crippen LogP contribution in [0, 0.1) is 18.3 Å². The zero-order valence-electron chi connectivity index (χ0n) is 12.2. The summed E-state index contributed by atoms with van der Waals surface area (Å²) in [6.07, 6.45) is 0.893. The van der Waals surface area contributed by atoms with Gasteiger partial charge in [0.15, 0.2) is 0 Å². The Bertz CT molecular complexity index is 351. The number of benzene rings is 1. The molecule has 96 valence electrons. The minimum atomic E-state index is 0.616. The van der Waals surface area contributed by atoms with E-state index in [1.165, 1.54) is 5.56 Å². The lowest BCUT2D eigenvalue weighted by Crippen LogP contribution is -1.96. The smallest absolute Gasteiger partial charge is 0.140 e. The standard InChI is InChI=1S/C11H13NO.2C2H6/c1-4-10-8(2)5-6-9(7-12)11(10)13-3;2*1-2/h5-6H,4H2,1-3H3;2*1-2H3. The summed E-state index contributed by atoms with van der Waals surface area (Å²) in [6, 6.07) is 5.88. The van der Waals surface area contributed by atoms with E-state index in [1.54, 1.807) is 13.2 Å². The molecule has 1 rings (SSSR count). The molecule has 17 heavy (non-hydrogen) atoms. The SMILES string of the molecule is CC.CC.CCc1c(C)ccc(C#N)c1OC. The average Bonchev–Trinajstić information content (AvgIpc) is 2.42. The molecule has 1 aromatic carbocycles. The van der Waals surface area contributed by atoms with E-state index in [0.717, 1.165) is 17.7 Å². The quantitative estimate of drug-likeness (QED) is 0.756. The van der Waals surface area contributed by atoms with Gasteiger partial charge in [-0.05, 0) is 30.5 Å². The van der Waals surface area contributed by atoms with Crippen molar-refractivity contribution in [1.29, 1.82) is 5.26 Å². The van der Waals surface area contributed by atoms with E-state index in [9.17, 15) is 0 Å². The molecular weight excluding hydrogens is 210 g/mol. The topological polar surface area (TPSA) is 33.0 Å². The van der Waals surface area contributed by atoms with E-state index in [-0.39, 0.29) is 0 Å². The molecule has 0 aliphatic carbocycles. The van der Waals surface area contributed by atoms with Crippen LogP contribution >= 0.6 is 0 Å². The minimum Gasteiger partial charge on any atom is -0.495 e. The average molecular weight is 235 g/mol. The van der Waals surface area contributed by atoms with Gasteiger partial charge < -0.3 is 4.74 Å². The second-order valence-corrected chi connectivity index (χ2v) is 2.91. The molecule has 0 unspecified atom stereocenters. The highest BCUT2D eigenvalue weighted by Crippen LogP contribution is 2.26. The third kappa shape index (κ3) is 4.91. The highest BCUT2D eigenvalue weighted by atomic mass is 16.5. The first-order valence-electron chi connectivity index (χ1n) is 6.31. The van der Waals surface area contributed by atoms with E-state index in [4.69, 9.17) is 10.00 Å². The Balaban J connectivity index is 0. The predicted octanol–water partition coefficient (Wildman–Crippen LogP) is 4.49. The maximum Gasteiger partial charge on any atom is 0.140 e. The Morgan fingerprint density at radius 3 is 2.06 bits per heavy atom. The van der Waals surface area contributed by atoms with Gasteiger partial charge in [0.1, 0.15) is 11.8 Å². The molecule has 2 heteroatoms. The number of nitrogens with zero attached hydrogens (tertiary/aromatic N) is 1. The zero-order valence-corrected chi connectivity index (χ0v) is 12.2. The van der Waals surface area contributed by atoms with E-state index in [2.05, 4.69) is 13.0 Å². The minimum absolute atomic E-state index is 0.616. The van der Waals surface area contributed by atoms with E-state index in [0.29, 0.717) is 5.56 Å². The van der Waals surface area contributed by atoms with Gasteiger partial charge in [0.25, 0.3) is 0 Å². The molecule has 0 heterocycles. The molecule has 0 radical (unpaired) electrons. The number of aryl methyl sites for hydroxylation is 1. The van der Waals surface area contributed by atoms with Crippen LogP contribution < -0.4 is 4.74 Å². The number of methoxy groups -OCH3 is 1. The van der Waals surface area contributed by atoms with Crippen molar-refractivity contribution >= 4 is 0 Å². The van der Waals surface area contributed by atoms with Gasteiger partial charge in [-0.15, -0.1) is 0 Å². The van der Waals surface area contributed by atoms with Gasteiger partial charge in [0.05, 0.1) is 12.7 Å². The number of nitriles is 1. The first-order valence-corrected chi connectivity index (χ1v) is 6.31. The summed E-state index contributed by atoms with van der Waals surface area (Å²) in [5, 5.41) is 8.83. The van der Waals surface area contributed by atoms with Crippen molar-refractivity contribution < 1.29 is 4.74 Å². The maximum atomic E-state index is 8.83. The molecule has 2 nitrogen and oxygen atoms in total. The molecule has 0 atom stereocenters. The Kier molecular flexibility index (Phi) is 11.6. The first-order chi connectivity index (χ1) is 8.24. The van der Waals surface area contributed by atoms with Crippen LogP contribution in [0.4, 0.5) is 0 Å². The third-order valence-electron chi connectivity index (χ3n) is 2.17. The van der Waals surface area contributed by atoms with Crippen molar-refractivity contribution in [3.05, 3.63) is 28.8 Å². The number of hydrogen-bond acceptors (Lipinski definition) is 2. The van der Waals surface area contributed by atoms with Crippen LogP contribution in [-0.4, -0.2) is 7.11 Å². The Morgan fingerprint density at radius 1 is 1.18 bits per heavy atom. The zero-order chi connectivity index (χ0) is 13.8. The second kappa shape index (κ2) is 11.0. The van der Waals surface area contributed by atoms with Crippen LogP contribution in [0.2, 0.25) is 0 Å². The maximum absolute atomic E-state index is 8.83. The summed E-state index contributed by atoms with van der Waals surface area (Å²) in [4.78, 5) is 0. The monoisotopic (exact) mass is 235 g/mol. The molecule has 0 N–H and O–H groups in total. The summed E-state index contributed by atoms with van der Waals surface area (Å²) < 4.78 is 5.22. The fourth-order valence-electron chi connectivity index (χ4n) is 1.49. The molecule has 0 saturated heterocycles. The number of rotatable bonds is 2. The summed E-state index contributed by atoms with van der Waals surface area (Å²) in [7, 11) is 1.61. The Hall–Kier alpha value is -1.49. The van der Waals surface area contributed by atoms with Crippen molar-refractivity contribution in [3.63, 3.8) is 0 Å². The largest absolute Gasteiger partial charge is 0.495 e. The van der Waals surface area contributed by atoms with Crippen LogP contribution in [0.5, 0.6) is 5.75 Å². The normalized spacial score (nSPS) is 7.88. The molecule has 0 fully saturated rings. The van der Waals surface area contributed by atoms with Crippen molar-refractivity contribution in [3.8, 4) is 11.8 Å². The van der Waals surface area contributed by atoms with Crippen molar-refractivity contribution in [2.24, 2.45) is 0 Å². The fraction of sp³-hybridized carbons (Fsp3) is 0.533. The van der Waals surface area contributed by atoms with Gasteiger partial charge in [0, 0.05) is 0 Å². The predicted molar refractivity (Wildman–Crippen MR) is 74.5 cm³/mol. The fourth-order valence-corrected chi connectivity index (χ4v) is 1.49. The highest BCUT2D eigenvalue weighted by Gasteiger charge is 2.09. The van der Waals surface area contributed by atoms with E-state index < -0.39 is 0 Å². The Morgan fingerprint density at radius 2 is 1.71 bits per heavy atom. The van der Waals surface area contributed by atoms with Gasteiger partial charge in [-0.3, -0.25) is 0 Å². The van der Waals surface area contributed by atoms with E-state index >= 15 is 0 Å². The second-order valence-electron chi connectivity index (χ2n) is 2.91. The van der Waals surface area contributed by atoms with Crippen molar-refractivity contribution in [2.45, 2.75) is 48.0 Å². The number of hydrogen-bond donors (Lipinski definition) is 0. The molecule has 0 aliphatic heterocycles. The third-order valence-corrected chi connectivity index (χ3v) is 2.17. The lowest BCUT2D eigenvalue weighted by atomic mass is 10.0. The molecule has 0 spiro atoms. The molecule has 0 saturated carbocycles. The molecule has 0 aliphatic rings. The lowest BCUT2D eigenvalue weighted by molar-refractivity contribution is 0.408. The summed E-state index contributed by atoms with van der Waals surface area (Å²) >= 11 is 0. The van der Waals surface area contributed by atoms with Gasteiger partial charge in [-0.1, -0.05) is 40.7 Å². The molecule has 0 aromatic heterocycles. The molecule has 0 bridgehead atoms. The highest BCUT2D eigenvalue weighted by molar-refractivity contribution is 5.51. The van der Waals surface area contributed by atoms with Crippen LogP contribution in [0.15, 0.2) is 12.1 Å². The molecule has 0 amide bonds. The first kappa shape index (κ1) is 17.9. The van der Waals surface area contributed by atoms with Crippen molar-refractivity contribution in [1.82, 2.24) is 0 Å². The summed E-state index contributed by atoms with van der Waals surface area (Å²) in [5.41, 5.74) is 2.92. The lowest BCUT2D eigenvalue weighted by Gasteiger charge is -2.10. The number of ether oxygens (including phenoxy) is 1. The van der Waals surface area contributed by atoms with Crippen molar-refractivity contribution in [2.75, 3.05) is 7.11 Å². The van der Waals surface area contributed by atoms with Gasteiger partial charge in [-0.2, -0.15) is 5.26 Å². The van der Waals surface area contributed by atoms with Gasteiger partial charge in [-0.25, -0.2) is 0 Å². The summed E-state index contributed by atoms with van der Waals surface area (Å²) in [5.74, 6) is 0.727. The van der Waals surface area contributed by atoms with Crippen LogP contribution in [0.25, 0.3) is 0 Å². The van der Waals surface area contributed by atoms with Gasteiger partial charge >= 0.3 is 0 Å². The van der Waals surface area contributed by atoms with Gasteiger partial charge in [0.2, 0.25) is 0 Å². The van der Waals surface area contributed by atoms with Crippen LogP contribution in [0.1, 0.15) is 51.3 Å². The Labute approximate surface area is 106 Å². The van der Waals surface area contributed by atoms with E-state index in [1.807, 2.05) is 40.7 Å². The summed E-state index contributed by atoms with van der Waals surface area (Å²) in [6.45, 7) is 12.1.